The van der Waals surface area contributed by atoms with Crippen molar-refractivity contribution in [1.82, 2.24) is 9.88 Å². The molecule has 1 aromatic heterocycles. The maximum Gasteiger partial charge on any atom is 0.128 e. The number of benzene rings is 1. The van der Waals surface area contributed by atoms with Crippen LogP contribution >= 0.6 is 0 Å². The molecule has 3 nitrogen and oxygen atoms in total. The number of rotatable bonds is 3. The molecule has 3 rings (SSSR count). The van der Waals surface area contributed by atoms with Crippen molar-refractivity contribution in [3.05, 3.63) is 35.9 Å². The highest BCUT2D eigenvalue weighted by Crippen LogP contribution is 2.29. The van der Waals surface area contributed by atoms with Crippen LogP contribution in [0.2, 0.25) is 0 Å². The van der Waals surface area contributed by atoms with E-state index in [2.05, 4.69) is 41.9 Å². The molecule has 2 atom stereocenters. The number of para-hydroxylation sites is 1. The van der Waals surface area contributed by atoms with Crippen LogP contribution in [-0.4, -0.2) is 22.0 Å². The number of likely N-dealkylation sites (tertiary alicyclic amines) is 1. The summed E-state index contributed by atoms with van der Waals surface area (Å²) in [4.78, 5) is 7.13. The van der Waals surface area contributed by atoms with Gasteiger partial charge in [0.25, 0.3) is 0 Å². The molecule has 1 fully saturated rings. The Morgan fingerprint density at radius 1 is 1.30 bits per heavy atom. The van der Waals surface area contributed by atoms with Crippen LogP contribution in [0.25, 0.3) is 10.9 Å². The fraction of sp³-hybridized carbons (Fsp3) is 0.471. The van der Waals surface area contributed by atoms with Crippen LogP contribution in [0.15, 0.2) is 30.3 Å². The van der Waals surface area contributed by atoms with Gasteiger partial charge < -0.3 is 5.73 Å². The van der Waals surface area contributed by atoms with E-state index in [0.717, 1.165) is 17.6 Å². The number of anilines is 1. The number of nitrogens with two attached hydrogens (primary N) is 1. The zero-order valence-corrected chi connectivity index (χ0v) is 12.3. The molecule has 106 valence electrons. The molecule has 0 saturated carbocycles. The minimum atomic E-state index is 0.644. The van der Waals surface area contributed by atoms with Gasteiger partial charge in [-0.25, -0.2) is 4.98 Å². The monoisotopic (exact) mass is 269 g/mol. The molecule has 0 amide bonds. The molecule has 0 aliphatic carbocycles. The third-order valence-electron chi connectivity index (χ3n) is 4.61. The molecule has 1 aromatic carbocycles. The third-order valence-corrected chi connectivity index (χ3v) is 4.61. The fourth-order valence-electron chi connectivity index (χ4n) is 3.35. The number of hydrogen-bond acceptors (Lipinski definition) is 3. The van der Waals surface area contributed by atoms with Crippen molar-refractivity contribution in [2.45, 2.75) is 51.7 Å². The van der Waals surface area contributed by atoms with Gasteiger partial charge in [-0.2, -0.15) is 0 Å². The lowest BCUT2D eigenvalue weighted by molar-refractivity contribution is 0.190. The van der Waals surface area contributed by atoms with Crippen LogP contribution in [0.3, 0.4) is 0 Å². The lowest BCUT2D eigenvalue weighted by Crippen LogP contribution is -2.33. The van der Waals surface area contributed by atoms with E-state index in [1.165, 1.54) is 24.6 Å². The topological polar surface area (TPSA) is 42.2 Å². The van der Waals surface area contributed by atoms with Crippen molar-refractivity contribution in [3.8, 4) is 0 Å². The Labute approximate surface area is 120 Å². The minimum absolute atomic E-state index is 0.644. The van der Waals surface area contributed by atoms with Crippen LogP contribution in [0.4, 0.5) is 5.82 Å². The lowest BCUT2D eigenvalue weighted by atomic mass is 10.1. The van der Waals surface area contributed by atoms with E-state index >= 15 is 0 Å². The van der Waals surface area contributed by atoms with Crippen molar-refractivity contribution in [3.63, 3.8) is 0 Å². The van der Waals surface area contributed by atoms with E-state index in [9.17, 15) is 0 Å². The van der Waals surface area contributed by atoms with Gasteiger partial charge in [-0.1, -0.05) is 25.1 Å². The molecule has 20 heavy (non-hydrogen) atoms. The Morgan fingerprint density at radius 3 is 2.90 bits per heavy atom. The zero-order chi connectivity index (χ0) is 14.1. The van der Waals surface area contributed by atoms with E-state index in [4.69, 9.17) is 5.73 Å². The molecule has 0 radical (unpaired) electrons. The number of nitrogens with zero attached hydrogens (tertiary/aromatic N) is 2. The number of fused-ring (bicyclic) bond motifs is 1. The minimum Gasteiger partial charge on any atom is -0.383 e. The zero-order valence-electron chi connectivity index (χ0n) is 12.3. The highest BCUT2D eigenvalue weighted by Gasteiger charge is 2.29. The number of pyridine rings is 1. The highest BCUT2D eigenvalue weighted by atomic mass is 15.2. The second-order valence-electron chi connectivity index (χ2n) is 5.89. The predicted molar refractivity (Wildman–Crippen MR) is 84.5 cm³/mol. The van der Waals surface area contributed by atoms with Crippen LogP contribution in [0, 0.1) is 0 Å². The molecule has 0 bridgehead atoms. The Morgan fingerprint density at radius 2 is 2.10 bits per heavy atom. The Kier molecular flexibility index (Phi) is 3.62. The van der Waals surface area contributed by atoms with Gasteiger partial charge in [0, 0.05) is 29.6 Å². The molecule has 2 N–H and O–H groups in total. The Balaban J connectivity index is 1.92. The quantitative estimate of drug-likeness (QED) is 0.926. The van der Waals surface area contributed by atoms with Crippen molar-refractivity contribution in [2.75, 3.05) is 5.73 Å². The smallest absolute Gasteiger partial charge is 0.128 e. The molecule has 2 heterocycles. The van der Waals surface area contributed by atoms with Crippen LogP contribution in [-0.2, 0) is 6.54 Å². The number of nitrogen functional groups attached to an aromatic ring is 1. The second-order valence-corrected chi connectivity index (χ2v) is 5.89. The molecule has 1 aliphatic heterocycles. The van der Waals surface area contributed by atoms with Gasteiger partial charge in [0.2, 0.25) is 0 Å². The standard InChI is InChI=1S/C17H23N3/c1-3-15-9-8-12(2)20(15)11-14-10-13-6-4-5-7-16(13)19-17(14)18/h4-7,10,12,15H,3,8-9,11H2,1-2H3,(H2,18,19). The molecule has 0 spiro atoms. The van der Waals surface area contributed by atoms with Crippen molar-refractivity contribution in [2.24, 2.45) is 0 Å². The van der Waals surface area contributed by atoms with Crippen molar-refractivity contribution >= 4 is 16.7 Å². The molecule has 2 aromatic rings. The molecule has 1 saturated heterocycles. The summed E-state index contributed by atoms with van der Waals surface area (Å²) in [5, 5.41) is 1.18. The largest absolute Gasteiger partial charge is 0.383 e. The van der Waals surface area contributed by atoms with Gasteiger partial charge in [0.15, 0.2) is 0 Å². The van der Waals surface area contributed by atoms with Crippen LogP contribution in [0.5, 0.6) is 0 Å². The summed E-state index contributed by atoms with van der Waals surface area (Å²) in [7, 11) is 0. The van der Waals surface area contributed by atoms with Crippen molar-refractivity contribution < 1.29 is 0 Å². The Bertz CT molecular complexity index is 608. The van der Waals surface area contributed by atoms with Gasteiger partial charge in [0.1, 0.15) is 5.82 Å². The summed E-state index contributed by atoms with van der Waals surface area (Å²) in [6.07, 6.45) is 3.81. The maximum atomic E-state index is 6.16. The van der Waals surface area contributed by atoms with E-state index in [0.29, 0.717) is 17.9 Å². The number of aromatic nitrogens is 1. The first-order valence-electron chi connectivity index (χ1n) is 7.59. The molecular formula is C17H23N3. The SMILES string of the molecule is CCC1CCC(C)N1Cc1cc2ccccc2nc1N. The molecule has 2 unspecified atom stereocenters. The highest BCUT2D eigenvalue weighted by molar-refractivity contribution is 5.81. The summed E-state index contributed by atoms with van der Waals surface area (Å²) in [5.74, 6) is 0.678. The molecule has 3 heteroatoms. The first-order chi connectivity index (χ1) is 9.69. The van der Waals surface area contributed by atoms with Gasteiger partial charge in [-0.05, 0) is 38.3 Å². The summed E-state index contributed by atoms with van der Waals surface area (Å²) in [6, 6.07) is 11.7. The first kappa shape index (κ1) is 13.4. The first-order valence-corrected chi connectivity index (χ1v) is 7.59. The van der Waals surface area contributed by atoms with E-state index in [-0.39, 0.29) is 0 Å². The predicted octanol–water partition coefficient (Wildman–Crippen LogP) is 3.58. The molecule has 1 aliphatic rings. The summed E-state index contributed by atoms with van der Waals surface area (Å²) in [5.41, 5.74) is 8.30. The normalized spacial score (nSPS) is 23.5. The maximum absolute atomic E-state index is 6.16. The van der Waals surface area contributed by atoms with Crippen molar-refractivity contribution in [1.29, 1.82) is 0 Å². The van der Waals surface area contributed by atoms with E-state index in [1.54, 1.807) is 0 Å². The van der Waals surface area contributed by atoms with Gasteiger partial charge in [-0.3, -0.25) is 4.90 Å². The van der Waals surface area contributed by atoms with E-state index in [1.807, 2.05) is 12.1 Å². The lowest BCUT2D eigenvalue weighted by Gasteiger charge is -2.28. The summed E-state index contributed by atoms with van der Waals surface area (Å²) in [6.45, 7) is 5.52. The average molecular weight is 269 g/mol. The summed E-state index contributed by atoms with van der Waals surface area (Å²) < 4.78 is 0. The van der Waals surface area contributed by atoms with E-state index < -0.39 is 0 Å². The molecular weight excluding hydrogens is 246 g/mol. The van der Waals surface area contributed by atoms with Gasteiger partial charge in [-0.15, -0.1) is 0 Å². The summed E-state index contributed by atoms with van der Waals surface area (Å²) >= 11 is 0. The van der Waals surface area contributed by atoms with Crippen LogP contribution in [0.1, 0.15) is 38.7 Å². The fourth-order valence-corrected chi connectivity index (χ4v) is 3.35. The third kappa shape index (κ3) is 2.38. The Hall–Kier alpha value is -1.61. The average Bonchev–Trinajstić information content (AvgIpc) is 2.80. The van der Waals surface area contributed by atoms with Gasteiger partial charge >= 0.3 is 0 Å². The number of hydrogen-bond donors (Lipinski definition) is 1. The second kappa shape index (κ2) is 5.41. The van der Waals surface area contributed by atoms with Crippen LogP contribution < -0.4 is 5.73 Å². The van der Waals surface area contributed by atoms with Gasteiger partial charge in [0.05, 0.1) is 5.52 Å².